The van der Waals surface area contributed by atoms with E-state index in [1.807, 2.05) is 23.1 Å². The van der Waals surface area contributed by atoms with Gasteiger partial charge in [-0.3, -0.25) is 4.79 Å². The summed E-state index contributed by atoms with van der Waals surface area (Å²) in [6, 6.07) is 8.62. The van der Waals surface area contributed by atoms with Gasteiger partial charge < -0.3 is 10.2 Å². The molecule has 3 rings (SSSR count). The fraction of sp³-hybridized carbons (Fsp3) is 0.588. The standard InChI is InChI=1S/C17H23ClN2O/c18-15-7-2-1-6-14(15)16-8-4-12-20(16)17(21)10-9-13-5-3-11-19-13/h1-2,6-7,13,16,19H,3-5,8-12H2. The maximum absolute atomic E-state index is 12.6. The van der Waals surface area contributed by atoms with Crippen LogP contribution in [-0.4, -0.2) is 29.9 Å². The van der Waals surface area contributed by atoms with Crippen molar-refractivity contribution in [2.45, 2.75) is 50.6 Å². The Morgan fingerprint density at radius 1 is 1.29 bits per heavy atom. The molecule has 114 valence electrons. The van der Waals surface area contributed by atoms with Crippen molar-refractivity contribution in [3.05, 3.63) is 34.9 Å². The Kier molecular flexibility index (Phi) is 4.81. The largest absolute Gasteiger partial charge is 0.336 e. The number of hydrogen-bond donors (Lipinski definition) is 1. The molecule has 0 spiro atoms. The van der Waals surface area contributed by atoms with Crippen LogP contribution >= 0.6 is 11.6 Å². The van der Waals surface area contributed by atoms with Gasteiger partial charge in [0.1, 0.15) is 0 Å². The van der Waals surface area contributed by atoms with E-state index >= 15 is 0 Å². The summed E-state index contributed by atoms with van der Waals surface area (Å²) in [4.78, 5) is 14.6. The topological polar surface area (TPSA) is 32.3 Å². The molecule has 21 heavy (non-hydrogen) atoms. The fourth-order valence-electron chi connectivity index (χ4n) is 3.58. The molecule has 2 unspecified atom stereocenters. The number of amides is 1. The molecule has 3 nitrogen and oxygen atoms in total. The second-order valence-corrected chi connectivity index (χ2v) is 6.51. The first-order valence-electron chi connectivity index (χ1n) is 8.03. The molecule has 0 bridgehead atoms. The molecule has 0 saturated carbocycles. The van der Waals surface area contributed by atoms with Crippen LogP contribution in [0.2, 0.25) is 5.02 Å². The molecule has 2 fully saturated rings. The Bertz CT molecular complexity index is 499. The lowest BCUT2D eigenvalue weighted by Gasteiger charge is -2.26. The minimum absolute atomic E-state index is 0.169. The van der Waals surface area contributed by atoms with Crippen molar-refractivity contribution in [2.24, 2.45) is 0 Å². The quantitative estimate of drug-likeness (QED) is 0.923. The van der Waals surface area contributed by atoms with Crippen molar-refractivity contribution in [1.82, 2.24) is 10.2 Å². The summed E-state index contributed by atoms with van der Waals surface area (Å²) in [5.41, 5.74) is 1.10. The molecule has 2 atom stereocenters. The molecule has 4 heteroatoms. The third-order valence-electron chi connectivity index (χ3n) is 4.71. The van der Waals surface area contributed by atoms with E-state index in [-0.39, 0.29) is 11.9 Å². The second-order valence-electron chi connectivity index (χ2n) is 6.10. The summed E-state index contributed by atoms with van der Waals surface area (Å²) in [5, 5.41) is 4.24. The van der Waals surface area contributed by atoms with Gasteiger partial charge in [-0.1, -0.05) is 29.8 Å². The van der Waals surface area contributed by atoms with Gasteiger partial charge in [-0.05, 0) is 50.3 Å². The van der Waals surface area contributed by atoms with E-state index in [9.17, 15) is 4.79 Å². The lowest BCUT2D eigenvalue weighted by atomic mass is 10.0. The molecule has 2 heterocycles. The molecule has 2 aliphatic rings. The van der Waals surface area contributed by atoms with Crippen molar-refractivity contribution in [3.8, 4) is 0 Å². The Balaban J connectivity index is 1.63. The van der Waals surface area contributed by atoms with Crippen molar-refractivity contribution in [1.29, 1.82) is 0 Å². The van der Waals surface area contributed by atoms with Crippen LogP contribution in [0, 0.1) is 0 Å². The summed E-state index contributed by atoms with van der Waals surface area (Å²) in [5.74, 6) is 0.283. The van der Waals surface area contributed by atoms with E-state index in [1.165, 1.54) is 12.8 Å². The number of benzene rings is 1. The average Bonchev–Trinajstić information content (AvgIpc) is 3.16. The SMILES string of the molecule is O=C(CCC1CCCN1)N1CCCC1c1ccccc1Cl. The van der Waals surface area contributed by atoms with Gasteiger partial charge in [0.05, 0.1) is 6.04 Å². The van der Waals surface area contributed by atoms with Crippen molar-refractivity contribution in [3.63, 3.8) is 0 Å². The monoisotopic (exact) mass is 306 g/mol. The van der Waals surface area contributed by atoms with E-state index in [0.717, 1.165) is 42.9 Å². The van der Waals surface area contributed by atoms with Crippen molar-refractivity contribution >= 4 is 17.5 Å². The minimum atomic E-state index is 0.169. The van der Waals surface area contributed by atoms with Crippen molar-refractivity contribution < 1.29 is 4.79 Å². The molecule has 0 radical (unpaired) electrons. The average molecular weight is 307 g/mol. The number of hydrogen-bond acceptors (Lipinski definition) is 2. The highest BCUT2D eigenvalue weighted by atomic mass is 35.5. The summed E-state index contributed by atoms with van der Waals surface area (Å²) in [6.45, 7) is 1.97. The van der Waals surface area contributed by atoms with Crippen LogP contribution in [0.15, 0.2) is 24.3 Å². The van der Waals surface area contributed by atoms with Crippen LogP contribution in [0.3, 0.4) is 0 Å². The molecule has 0 aliphatic carbocycles. The van der Waals surface area contributed by atoms with E-state index < -0.39 is 0 Å². The maximum Gasteiger partial charge on any atom is 0.223 e. The predicted octanol–water partition coefficient (Wildman–Crippen LogP) is 3.54. The van der Waals surface area contributed by atoms with E-state index in [1.54, 1.807) is 0 Å². The van der Waals surface area contributed by atoms with Crippen LogP contribution in [0.4, 0.5) is 0 Å². The Hall–Kier alpha value is -1.06. The first-order chi connectivity index (χ1) is 10.3. The molecule has 2 aliphatic heterocycles. The lowest BCUT2D eigenvalue weighted by molar-refractivity contribution is -0.132. The highest BCUT2D eigenvalue weighted by molar-refractivity contribution is 6.31. The molecule has 2 saturated heterocycles. The van der Waals surface area contributed by atoms with Gasteiger partial charge in [-0.2, -0.15) is 0 Å². The Morgan fingerprint density at radius 3 is 2.90 bits per heavy atom. The smallest absolute Gasteiger partial charge is 0.223 e. The summed E-state index contributed by atoms with van der Waals surface area (Å²) in [7, 11) is 0. The van der Waals surface area contributed by atoms with E-state index in [4.69, 9.17) is 11.6 Å². The second kappa shape index (κ2) is 6.80. The number of carbonyl (C=O) groups excluding carboxylic acids is 1. The van der Waals surface area contributed by atoms with Crippen LogP contribution < -0.4 is 5.32 Å². The van der Waals surface area contributed by atoms with Crippen LogP contribution in [0.1, 0.15) is 50.1 Å². The highest BCUT2D eigenvalue weighted by Crippen LogP contribution is 2.36. The zero-order valence-corrected chi connectivity index (χ0v) is 13.1. The van der Waals surface area contributed by atoms with Gasteiger partial charge in [0, 0.05) is 24.0 Å². The number of nitrogens with zero attached hydrogens (tertiary/aromatic N) is 1. The third kappa shape index (κ3) is 3.41. The normalized spacial score (nSPS) is 25.5. The molecular weight excluding hydrogens is 284 g/mol. The lowest BCUT2D eigenvalue weighted by Crippen LogP contribution is -2.32. The predicted molar refractivity (Wildman–Crippen MR) is 85.4 cm³/mol. The number of likely N-dealkylation sites (tertiary alicyclic amines) is 1. The molecule has 0 aromatic heterocycles. The van der Waals surface area contributed by atoms with Gasteiger partial charge >= 0.3 is 0 Å². The number of carbonyl (C=O) groups is 1. The number of halogens is 1. The van der Waals surface area contributed by atoms with Gasteiger partial charge in [0.25, 0.3) is 0 Å². The summed E-state index contributed by atoms with van der Waals surface area (Å²) in [6.07, 6.45) is 6.16. The Morgan fingerprint density at radius 2 is 2.14 bits per heavy atom. The summed E-state index contributed by atoms with van der Waals surface area (Å²) < 4.78 is 0. The molecule has 1 aromatic rings. The first-order valence-corrected chi connectivity index (χ1v) is 8.41. The molecule has 1 aromatic carbocycles. The third-order valence-corrected chi connectivity index (χ3v) is 5.05. The van der Waals surface area contributed by atoms with Crippen molar-refractivity contribution in [2.75, 3.05) is 13.1 Å². The van der Waals surface area contributed by atoms with Gasteiger partial charge in [0.15, 0.2) is 0 Å². The van der Waals surface area contributed by atoms with Gasteiger partial charge in [0.2, 0.25) is 5.91 Å². The summed E-state index contributed by atoms with van der Waals surface area (Å²) >= 11 is 6.31. The van der Waals surface area contributed by atoms with Gasteiger partial charge in [-0.25, -0.2) is 0 Å². The fourth-order valence-corrected chi connectivity index (χ4v) is 3.84. The Labute approximate surface area is 131 Å². The van der Waals surface area contributed by atoms with Crippen LogP contribution in [-0.2, 0) is 4.79 Å². The van der Waals surface area contributed by atoms with Gasteiger partial charge in [-0.15, -0.1) is 0 Å². The van der Waals surface area contributed by atoms with Crippen LogP contribution in [0.25, 0.3) is 0 Å². The van der Waals surface area contributed by atoms with E-state index in [0.29, 0.717) is 12.5 Å². The first kappa shape index (κ1) is 14.9. The van der Waals surface area contributed by atoms with E-state index in [2.05, 4.69) is 11.4 Å². The molecule has 1 amide bonds. The number of rotatable bonds is 4. The zero-order chi connectivity index (χ0) is 14.7. The van der Waals surface area contributed by atoms with Crippen LogP contribution in [0.5, 0.6) is 0 Å². The maximum atomic E-state index is 12.6. The molecule has 1 N–H and O–H groups in total. The highest BCUT2D eigenvalue weighted by Gasteiger charge is 2.31. The number of nitrogens with one attached hydrogen (secondary N) is 1. The molecular formula is C17H23ClN2O. The minimum Gasteiger partial charge on any atom is -0.336 e. The zero-order valence-electron chi connectivity index (χ0n) is 12.4.